The molecule has 1 aromatic heterocycles. The van der Waals surface area contributed by atoms with Crippen LogP contribution in [0, 0.1) is 0 Å². The average Bonchev–Trinajstić information content (AvgIpc) is 2.42. The molecule has 106 valence electrons. The zero-order valence-electron chi connectivity index (χ0n) is 11.4. The van der Waals surface area contributed by atoms with Crippen LogP contribution < -0.4 is 10.1 Å². The van der Waals surface area contributed by atoms with Crippen molar-refractivity contribution in [1.82, 2.24) is 4.98 Å². The molecule has 2 aromatic rings. The molecule has 0 fully saturated rings. The van der Waals surface area contributed by atoms with E-state index in [0.29, 0.717) is 5.02 Å². The van der Waals surface area contributed by atoms with E-state index < -0.39 is 0 Å². The van der Waals surface area contributed by atoms with Crippen LogP contribution in [0.15, 0.2) is 41.0 Å². The number of anilines is 2. The van der Waals surface area contributed by atoms with Crippen molar-refractivity contribution in [3.05, 3.63) is 46.0 Å². The normalized spacial score (nSPS) is 12.0. The molecule has 0 amide bonds. The molecule has 0 saturated heterocycles. The molecule has 2 rings (SSSR count). The summed E-state index contributed by atoms with van der Waals surface area (Å²) in [5, 5.41) is 3.83. The van der Waals surface area contributed by atoms with E-state index in [1.165, 1.54) is 0 Å². The summed E-state index contributed by atoms with van der Waals surface area (Å²) in [5.74, 6) is 1.56. The first kappa shape index (κ1) is 15.1. The number of hydrogen-bond donors (Lipinski definition) is 1. The van der Waals surface area contributed by atoms with Crippen LogP contribution in [0.1, 0.15) is 20.3 Å². The second-order valence-corrected chi connectivity index (χ2v) is 5.76. The first-order chi connectivity index (χ1) is 9.58. The van der Waals surface area contributed by atoms with Gasteiger partial charge in [-0.25, -0.2) is 4.98 Å². The summed E-state index contributed by atoms with van der Waals surface area (Å²) >= 11 is 9.31. The van der Waals surface area contributed by atoms with Crippen LogP contribution in [0.4, 0.5) is 11.5 Å². The summed E-state index contributed by atoms with van der Waals surface area (Å²) in [7, 11) is 0. The Bertz CT molecular complexity index is 592. The minimum Gasteiger partial charge on any atom is -0.491 e. The highest BCUT2D eigenvalue weighted by molar-refractivity contribution is 9.10. The van der Waals surface area contributed by atoms with Gasteiger partial charge in [0, 0.05) is 18.0 Å². The van der Waals surface area contributed by atoms with Crippen molar-refractivity contribution >= 4 is 39.0 Å². The predicted octanol–water partition coefficient (Wildman–Crippen LogP) is 5.42. The number of nitrogens with zero attached hydrogens (tertiary/aromatic N) is 1. The largest absolute Gasteiger partial charge is 0.491 e. The van der Waals surface area contributed by atoms with Crippen molar-refractivity contribution in [2.24, 2.45) is 0 Å². The maximum absolute atomic E-state index is 5.88. The smallest absolute Gasteiger partial charge is 0.144 e. The fourth-order valence-electron chi connectivity index (χ4n) is 1.61. The van der Waals surface area contributed by atoms with E-state index in [1.54, 1.807) is 12.3 Å². The Labute approximate surface area is 132 Å². The van der Waals surface area contributed by atoms with Gasteiger partial charge >= 0.3 is 0 Å². The number of rotatable bonds is 5. The summed E-state index contributed by atoms with van der Waals surface area (Å²) in [6.07, 6.45) is 2.78. The minimum absolute atomic E-state index is 0.200. The first-order valence-electron chi connectivity index (χ1n) is 6.43. The number of hydrogen-bond acceptors (Lipinski definition) is 3. The van der Waals surface area contributed by atoms with Gasteiger partial charge in [-0.05, 0) is 47.5 Å². The van der Waals surface area contributed by atoms with Crippen molar-refractivity contribution in [3.8, 4) is 5.75 Å². The summed E-state index contributed by atoms with van der Waals surface area (Å²) in [6, 6.07) is 9.61. The van der Waals surface area contributed by atoms with E-state index in [4.69, 9.17) is 16.3 Å². The van der Waals surface area contributed by atoms with Crippen LogP contribution in [0.2, 0.25) is 5.02 Å². The standard InChI is InChI=1S/C15H16BrClN2O/c1-3-10(2)20-13-6-4-5-12(8-13)19-15-14(16)7-11(17)9-18-15/h4-10H,3H2,1-2H3,(H,18,19). The summed E-state index contributed by atoms with van der Waals surface area (Å²) < 4.78 is 6.62. The molecule has 0 radical (unpaired) electrons. The molecule has 1 atom stereocenters. The van der Waals surface area contributed by atoms with E-state index in [0.717, 1.165) is 28.1 Å². The first-order valence-corrected chi connectivity index (χ1v) is 7.60. The third-order valence-electron chi connectivity index (χ3n) is 2.82. The third kappa shape index (κ3) is 4.12. The lowest BCUT2D eigenvalue weighted by Gasteiger charge is -2.14. The van der Waals surface area contributed by atoms with E-state index >= 15 is 0 Å². The maximum Gasteiger partial charge on any atom is 0.144 e. The van der Waals surface area contributed by atoms with Crippen LogP contribution >= 0.6 is 27.5 Å². The SMILES string of the molecule is CCC(C)Oc1cccc(Nc2ncc(Cl)cc2Br)c1. The molecule has 0 spiro atoms. The van der Waals surface area contributed by atoms with Crippen molar-refractivity contribution in [2.75, 3.05) is 5.32 Å². The fourth-order valence-corrected chi connectivity index (χ4v) is 2.34. The molecule has 5 heteroatoms. The topological polar surface area (TPSA) is 34.1 Å². The van der Waals surface area contributed by atoms with Gasteiger partial charge in [0.2, 0.25) is 0 Å². The van der Waals surface area contributed by atoms with Gasteiger partial charge in [-0.3, -0.25) is 0 Å². The highest BCUT2D eigenvalue weighted by atomic mass is 79.9. The number of aromatic nitrogens is 1. The van der Waals surface area contributed by atoms with Gasteiger partial charge in [0.05, 0.1) is 15.6 Å². The number of benzene rings is 1. The number of pyridine rings is 1. The van der Waals surface area contributed by atoms with Gasteiger partial charge in [0.1, 0.15) is 11.6 Å². The highest BCUT2D eigenvalue weighted by Crippen LogP contribution is 2.27. The molecule has 0 aliphatic rings. The van der Waals surface area contributed by atoms with E-state index in [-0.39, 0.29) is 6.10 Å². The molecule has 3 nitrogen and oxygen atoms in total. The molecule has 0 aliphatic heterocycles. The van der Waals surface area contributed by atoms with Gasteiger partial charge in [-0.1, -0.05) is 24.6 Å². The molecule has 1 N–H and O–H groups in total. The minimum atomic E-state index is 0.200. The Balaban J connectivity index is 2.15. The second kappa shape index (κ2) is 6.95. The summed E-state index contributed by atoms with van der Waals surface area (Å²) in [6.45, 7) is 4.15. The molecule has 0 saturated carbocycles. The second-order valence-electron chi connectivity index (χ2n) is 4.47. The molecule has 1 aromatic carbocycles. The Hall–Kier alpha value is -1.26. The Kier molecular flexibility index (Phi) is 5.26. The lowest BCUT2D eigenvalue weighted by molar-refractivity contribution is 0.217. The molecule has 20 heavy (non-hydrogen) atoms. The monoisotopic (exact) mass is 354 g/mol. The fraction of sp³-hybridized carbons (Fsp3) is 0.267. The van der Waals surface area contributed by atoms with Gasteiger partial charge in [0.25, 0.3) is 0 Å². The van der Waals surface area contributed by atoms with Crippen molar-refractivity contribution in [2.45, 2.75) is 26.4 Å². The zero-order valence-corrected chi connectivity index (χ0v) is 13.7. The zero-order chi connectivity index (χ0) is 14.5. The molecule has 1 heterocycles. The van der Waals surface area contributed by atoms with Crippen molar-refractivity contribution in [3.63, 3.8) is 0 Å². The van der Waals surface area contributed by atoms with E-state index in [9.17, 15) is 0 Å². The van der Waals surface area contributed by atoms with Crippen LogP contribution in [0.5, 0.6) is 5.75 Å². The quantitative estimate of drug-likeness (QED) is 0.777. The molecule has 0 aliphatic carbocycles. The average molecular weight is 356 g/mol. The lowest BCUT2D eigenvalue weighted by atomic mass is 10.2. The molecule has 1 unspecified atom stereocenters. The van der Waals surface area contributed by atoms with E-state index in [2.05, 4.69) is 40.1 Å². The van der Waals surface area contributed by atoms with Crippen LogP contribution in [0.25, 0.3) is 0 Å². The van der Waals surface area contributed by atoms with E-state index in [1.807, 2.05) is 24.3 Å². The Morgan fingerprint density at radius 1 is 1.40 bits per heavy atom. The highest BCUT2D eigenvalue weighted by Gasteiger charge is 2.05. The number of halogens is 2. The number of nitrogens with one attached hydrogen (secondary N) is 1. The summed E-state index contributed by atoms with van der Waals surface area (Å²) in [4.78, 5) is 4.25. The third-order valence-corrected chi connectivity index (χ3v) is 3.63. The summed E-state index contributed by atoms with van der Waals surface area (Å²) in [5.41, 5.74) is 0.918. The van der Waals surface area contributed by atoms with Crippen LogP contribution in [-0.4, -0.2) is 11.1 Å². The Morgan fingerprint density at radius 3 is 2.90 bits per heavy atom. The van der Waals surface area contributed by atoms with Crippen molar-refractivity contribution < 1.29 is 4.74 Å². The van der Waals surface area contributed by atoms with Gasteiger partial charge < -0.3 is 10.1 Å². The Morgan fingerprint density at radius 2 is 2.20 bits per heavy atom. The molecular formula is C15H16BrClN2O. The lowest BCUT2D eigenvalue weighted by Crippen LogP contribution is -2.09. The van der Waals surface area contributed by atoms with Gasteiger partial charge in [-0.15, -0.1) is 0 Å². The predicted molar refractivity (Wildman–Crippen MR) is 87.1 cm³/mol. The van der Waals surface area contributed by atoms with Crippen molar-refractivity contribution in [1.29, 1.82) is 0 Å². The van der Waals surface area contributed by atoms with Gasteiger partial charge in [0.15, 0.2) is 0 Å². The molecular weight excluding hydrogens is 340 g/mol. The van der Waals surface area contributed by atoms with Gasteiger partial charge in [-0.2, -0.15) is 0 Å². The maximum atomic E-state index is 5.88. The number of ether oxygens (including phenoxy) is 1. The van der Waals surface area contributed by atoms with Crippen LogP contribution in [-0.2, 0) is 0 Å². The molecule has 0 bridgehead atoms. The van der Waals surface area contributed by atoms with Crippen LogP contribution in [0.3, 0.4) is 0 Å².